The van der Waals surface area contributed by atoms with Gasteiger partial charge in [0, 0.05) is 10.2 Å². The molecule has 2 aromatic rings. The van der Waals surface area contributed by atoms with Gasteiger partial charge in [-0.15, -0.1) is 0 Å². The maximum atomic E-state index is 13.1. The van der Waals surface area contributed by atoms with Crippen molar-refractivity contribution >= 4 is 27.9 Å². The summed E-state index contributed by atoms with van der Waals surface area (Å²) in [6, 6.07) is 8.20. The van der Waals surface area contributed by atoms with Crippen LogP contribution in [-0.2, 0) is 21.3 Å². The maximum absolute atomic E-state index is 13.1. The fourth-order valence-corrected chi connectivity index (χ4v) is 2.32. The number of halogens is 3. The smallest absolute Gasteiger partial charge is 0.465 e. The molecule has 0 aliphatic rings. The molecule has 0 bridgehead atoms. The quantitative estimate of drug-likeness (QED) is 0.148. The van der Waals surface area contributed by atoms with Crippen LogP contribution in [0, 0.1) is 11.6 Å². The largest absolute Gasteiger partial charge is 1.00 e. The molecule has 0 radical (unpaired) electrons. The van der Waals surface area contributed by atoms with E-state index in [1.54, 1.807) is 6.07 Å². The third-order valence-corrected chi connectivity index (χ3v) is 3.99. The van der Waals surface area contributed by atoms with Gasteiger partial charge in [0.05, 0.1) is 31.9 Å². The SMILES string of the molecule is COC(=O)c1cc(CBr)ccc1F.COC(=O)c1cc(CN=[N+]=[N-])ccc1F.[N-]=[N+]=[N-].[Na+]. The zero-order valence-corrected chi connectivity index (χ0v) is 20.9. The zero-order chi connectivity index (χ0) is 23.8. The Bertz CT molecular complexity index is 999. The molecule has 0 heterocycles. The Morgan fingerprint density at radius 1 is 0.938 bits per heavy atom. The number of methoxy groups -OCH3 is 2. The molecule has 0 aliphatic carbocycles. The molecular formula is C18H16BrF2N6NaO4. The summed E-state index contributed by atoms with van der Waals surface area (Å²) in [5.41, 5.74) is 22.8. The number of azide groups is 1. The van der Waals surface area contributed by atoms with Crippen molar-refractivity contribution in [3.63, 3.8) is 0 Å². The predicted octanol–water partition coefficient (Wildman–Crippen LogP) is 2.80. The number of hydrogen-bond donors (Lipinski definition) is 0. The van der Waals surface area contributed by atoms with Gasteiger partial charge in [-0.1, -0.05) is 33.2 Å². The van der Waals surface area contributed by atoms with Crippen LogP contribution in [0.2, 0.25) is 0 Å². The van der Waals surface area contributed by atoms with Crippen molar-refractivity contribution in [1.29, 1.82) is 0 Å². The van der Waals surface area contributed by atoms with Gasteiger partial charge in [0.25, 0.3) is 0 Å². The fraction of sp³-hybridized carbons (Fsp3) is 0.222. The minimum absolute atomic E-state index is 0. The number of hydrogen-bond acceptors (Lipinski definition) is 5. The van der Waals surface area contributed by atoms with Gasteiger partial charge in [0.15, 0.2) is 0 Å². The summed E-state index contributed by atoms with van der Waals surface area (Å²) in [5.74, 6) is -2.63. The molecule has 10 nitrogen and oxygen atoms in total. The molecule has 0 saturated carbocycles. The van der Waals surface area contributed by atoms with Crippen LogP contribution in [0.4, 0.5) is 8.78 Å². The van der Waals surface area contributed by atoms with E-state index < -0.39 is 23.6 Å². The molecule has 32 heavy (non-hydrogen) atoms. The molecule has 0 saturated heterocycles. The first-order valence-corrected chi connectivity index (χ1v) is 9.20. The summed E-state index contributed by atoms with van der Waals surface area (Å²) in [5, 5.41) is 3.88. The van der Waals surface area contributed by atoms with Crippen LogP contribution in [-0.4, -0.2) is 26.2 Å². The van der Waals surface area contributed by atoms with Gasteiger partial charge in [-0.2, -0.15) is 0 Å². The molecule has 0 aromatic heterocycles. The van der Waals surface area contributed by atoms with Crippen molar-refractivity contribution in [3.05, 3.63) is 96.7 Å². The first kappa shape index (κ1) is 31.5. The first-order valence-electron chi connectivity index (χ1n) is 8.08. The number of alkyl halides is 1. The Morgan fingerprint density at radius 2 is 1.34 bits per heavy atom. The van der Waals surface area contributed by atoms with Crippen LogP contribution in [0.5, 0.6) is 0 Å². The van der Waals surface area contributed by atoms with Gasteiger partial charge < -0.3 is 20.5 Å². The Morgan fingerprint density at radius 3 is 1.72 bits per heavy atom. The van der Waals surface area contributed by atoms with E-state index in [1.165, 1.54) is 43.4 Å². The molecule has 0 amide bonds. The molecule has 0 fully saturated rings. The van der Waals surface area contributed by atoms with Crippen molar-refractivity contribution in [2.24, 2.45) is 5.11 Å². The molecular weight excluding hydrogens is 505 g/mol. The molecule has 0 unspecified atom stereocenters. The number of carbonyl (C=O) groups excluding carboxylic acids is 2. The van der Waals surface area contributed by atoms with Crippen molar-refractivity contribution in [3.8, 4) is 0 Å². The molecule has 0 spiro atoms. The summed E-state index contributed by atoms with van der Waals surface area (Å²) in [6.45, 7) is 0.0702. The van der Waals surface area contributed by atoms with Crippen LogP contribution >= 0.6 is 15.9 Å². The van der Waals surface area contributed by atoms with Crippen LogP contribution in [0.1, 0.15) is 31.8 Å². The van der Waals surface area contributed by atoms with Crippen molar-refractivity contribution in [2.75, 3.05) is 14.2 Å². The van der Waals surface area contributed by atoms with Gasteiger partial charge >= 0.3 is 41.5 Å². The number of benzene rings is 2. The van der Waals surface area contributed by atoms with Gasteiger partial charge in [-0.3, -0.25) is 4.91 Å². The monoisotopic (exact) mass is 520 g/mol. The second kappa shape index (κ2) is 18.0. The molecule has 14 heteroatoms. The maximum Gasteiger partial charge on any atom is 1.00 e. The Balaban J connectivity index is 0. The van der Waals surface area contributed by atoms with Crippen LogP contribution in [0.3, 0.4) is 0 Å². The Labute approximate surface area is 212 Å². The standard InChI is InChI=1S/C9H8BrFO2.C9H8FN3O2.N3.Na/c1-13-9(12)7-4-6(5-10)2-3-8(7)11;1-15-9(14)7-4-6(5-12-13-11)2-3-8(7)10;1-3-2;/h2-4H,5H2,1H3;2-4H,5H2,1H3;;/q;;-1;+1. The predicted molar refractivity (Wildman–Crippen MR) is 111 cm³/mol. The topological polar surface area (TPSA) is 160 Å². The van der Waals surface area contributed by atoms with Crippen molar-refractivity contribution < 1.29 is 57.4 Å². The third-order valence-electron chi connectivity index (χ3n) is 3.34. The van der Waals surface area contributed by atoms with E-state index in [2.05, 4.69) is 35.4 Å². The molecule has 2 rings (SSSR count). The van der Waals surface area contributed by atoms with Crippen molar-refractivity contribution in [2.45, 2.75) is 11.9 Å². The van der Waals surface area contributed by atoms with Gasteiger partial charge in [-0.25, -0.2) is 18.4 Å². The van der Waals surface area contributed by atoms with Crippen LogP contribution in [0.15, 0.2) is 41.5 Å². The number of nitrogens with zero attached hydrogens (tertiary/aromatic N) is 6. The van der Waals surface area contributed by atoms with E-state index in [4.69, 9.17) is 16.6 Å². The number of esters is 2. The van der Waals surface area contributed by atoms with E-state index in [1.807, 2.05) is 0 Å². The van der Waals surface area contributed by atoms with Crippen molar-refractivity contribution in [1.82, 2.24) is 0 Å². The fourth-order valence-electron chi connectivity index (χ4n) is 1.97. The van der Waals surface area contributed by atoms with Crippen LogP contribution < -0.4 is 29.6 Å². The minimum Gasteiger partial charge on any atom is -0.465 e. The second-order valence-electron chi connectivity index (χ2n) is 5.22. The summed E-state index contributed by atoms with van der Waals surface area (Å²) < 4.78 is 35.0. The van der Waals surface area contributed by atoms with Gasteiger partial charge in [-0.05, 0) is 40.9 Å². The summed E-state index contributed by atoms with van der Waals surface area (Å²) in [7, 11) is 2.39. The second-order valence-corrected chi connectivity index (χ2v) is 5.78. The molecule has 2 aromatic carbocycles. The first-order chi connectivity index (χ1) is 14.8. The summed E-state index contributed by atoms with van der Waals surface area (Å²) in [6.07, 6.45) is 0. The van der Waals surface area contributed by atoms with E-state index in [0.29, 0.717) is 10.9 Å². The molecule has 0 atom stereocenters. The van der Waals surface area contributed by atoms with E-state index in [9.17, 15) is 18.4 Å². The van der Waals surface area contributed by atoms with E-state index in [0.717, 1.165) is 11.6 Å². The summed E-state index contributed by atoms with van der Waals surface area (Å²) in [4.78, 5) is 26.2. The number of rotatable bonds is 5. The number of carbonyl (C=O) groups is 2. The van der Waals surface area contributed by atoms with E-state index >= 15 is 0 Å². The summed E-state index contributed by atoms with van der Waals surface area (Å²) >= 11 is 3.21. The van der Waals surface area contributed by atoms with Gasteiger partial charge in [0.1, 0.15) is 11.6 Å². The normalized spacial score (nSPS) is 8.53. The van der Waals surface area contributed by atoms with Crippen LogP contribution in [0.25, 0.3) is 26.4 Å². The molecule has 0 aliphatic heterocycles. The van der Waals surface area contributed by atoms with E-state index in [-0.39, 0.29) is 47.2 Å². The average Bonchev–Trinajstić information content (AvgIpc) is 2.78. The zero-order valence-electron chi connectivity index (χ0n) is 17.3. The molecule has 164 valence electrons. The minimum atomic E-state index is -0.754. The molecule has 0 N–H and O–H groups in total. The third kappa shape index (κ3) is 11.1. The average molecular weight is 521 g/mol. The Kier molecular flexibility index (Phi) is 17.7. The number of ether oxygens (including phenoxy) is 2. The van der Waals surface area contributed by atoms with Gasteiger partial charge in [0.2, 0.25) is 0 Å². The Hall–Kier alpha value is -2.66.